The van der Waals surface area contributed by atoms with Crippen molar-refractivity contribution in [1.29, 1.82) is 0 Å². The fourth-order valence-electron chi connectivity index (χ4n) is 4.00. The van der Waals surface area contributed by atoms with Crippen LogP contribution in [0.2, 0.25) is 0 Å². The highest BCUT2D eigenvalue weighted by molar-refractivity contribution is 4.91. The van der Waals surface area contributed by atoms with Gasteiger partial charge in [0.15, 0.2) is 0 Å². The van der Waals surface area contributed by atoms with Crippen LogP contribution in [0.5, 0.6) is 0 Å². The molecule has 3 heterocycles. The van der Waals surface area contributed by atoms with Crippen molar-refractivity contribution in [3.05, 3.63) is 0 Å². The summed E-state index contributed by atoms with van der Waals surface area (Å²) in [5, 5.41) is 3.76. The molecule has 0 aromatic rings. The molecule has 104 valence electrons. The van der Waals surface area contributed by atoms with Crippen LogP contribution in [0.1, 0.15) is 44.9 Å². The van der Waals surface area contributed by atoms with Crippen LogP contribution in [0, 0.1) is 5.92 Å². The average molecular weight is 252 g/mol. The predicted octanol–water partition coefficient (Wildman–Crippen LogP) is 2.02. The van der Waals surface area contributed by atoms with Gasteiger partial charge >= 0.3 is 0 Å². The summed E-state index contributed by atoms with van der Waals surface area (Å²) in [7, 11) is 0. The van der Waals surface area contributed by atoms with Crippen LogP contribution < -0.4 is 5.32 Å². The minimum absolute atomic E-state index is 0.779. The van der Waals surface area contributed by atoms with Gasteiger partial charge in [-0.3, -0.25) is 4.90 Å². The summed E-state index contributed by atoms with van der Waals surface area (Å²) < 4.78 is 5.49. The molecule has 3 aliphatic rings. The molecule has 0 radical (unpaired) electrons. The van der Waals surface area contributed by atoms with E-state index >= 15 is 0 Å². The molecule has 3 fully saturated rings. The van der Waals surface area contributed by atoms with Gasteiger partial charge in [-0.1, -0.05) is 6.42 Å². The van der Waals surface area contributed by atoms with E-state index in [9.17, 15) is 0 Å². The van der Waals surface area contributed by atoms with Crippen LogP contribution in [0.25, 0.3) is 0 Å². The molecule has 3 saturated heterocycles. The average Bonchev–Trinajstić information content (AvgIpc) is 2.63. The maximum Gasteiger partial charge on any atom is 0.0469 e. The molecule has 3 aliphatic heterocycles. The molecule has 0 saturated carbocycles. The fourth-order valence-corrected chi connectivity index (χ4v) is 4.00. The van der Waals surface area contributed by atoms with Crippen molar-refractivity contribution in [2.24, 2.45) is 5.92 Å². The highest BCUT2D eigenvalue weighted by atomic mass is 16.5. The lowest BCUT2D eigenvalue weighted by atomic mass is 9.93. The van der Waals surface area contributed by atoms with Crippen molar-refractivity contribution in [2.45, 2.75) is 57.0 Å². The Morgan fingerprint density at radius 3 is 2.78 bits per heavy atom. The number of likely N-dealkylation sites (tertiary alicyclic amines) is 1. The number of piperidine rings is 1. The zero-order chi connectivity index (χ0) is 12.2. The molecular weight excluding hydrogens is 224 g/mol. The molecule has 0 spiro atoms. The van der Waals surface area contributed by atoms with Crippen molar-refractivity contribution in [3.63, 3.8) is 0 Å². The van der Waals surface area contributed by atoms with Crippen LogP contribution in [-0.2, 0) is 4.74 Å². The largest absolute Gasteiger partial charge is 0.381 e. The highest BCUT2D eigenvalue weighted by Gasteiger charge is 2.32. The van der Waals surface area contributed by atoms with Gasteiger partial charge in [0.2, 0.25) is 0 Å². The van der Waals surface area contributed by atoms with Crippen LogP contribution >= 0.6 is 0 Å². The van der Waals surface area contributed by atoms with E-state index in [0.29, 0.717) is 0 Å². The zero-order valence-corrected chi connectivity index (χ0v) is 11.6. The minimum atomic E-state index is 0.779. The van der Waals surface area contributed by atoms with Crippen LogP contribution in [0.3, 0.4) is 0 Å². The first-order valence-corrected chi connectivity index (χ1v) is 7.98. The van der Waals surface area contributed by atoms with E-state index in [0.717, 1.165) is 31.2 Å². The van der Waals surface area contributed by atoms with Crippen molar-refractivity contribution in [1.82, 2.24) is 10.2 Å². The zero-order valence-electron chi connectivity index (χ0n) is 11.6. The molecule has 3 rings (SSSR count). The summed E-state index contributed by atoms with van der Waals surface area (Å²) in [6.07, 6.45) is 9.56. The molecule has 2 atom stereocenters. The molecule has 1 N–H and O–H groups in total. The Kier molecular flexibility index (Phi) is 4.55. The Balaban J connectivity index is 1.60. The number of hydrogen-bond donors (Lipinski definition) is 1. The summed E-state index contributed by atoms with van der Waals surface area (Å²) in [4.78, 5) is 2.82. The quantitative estimate of drug-likeness (QED) is 0.814. The Bertz CT molecular complexity index is 253. The molecule has 0 unspecified atom stereocenters. The van der Waals surface area contributed by atoms with Gasteiger partial charge in [-0.25, -0.2) is 0 Å². The third-order valence-electron chi connectivity index (χ3n) is 5.06. The number of fused-ring (bicyclic) bond motifs is 1. The predicted molar refractivity (Wildman–Crippen MR) is 73.8 cm³/mol. The summed E-state index contributed by atoms with van der Waals surface area (Å²) in [6.45, 7) is 5.88. The van der Waals surface area contributed by atoms with Gasteiger partial charge in [0, 0.05) is 31.8 Å². The molecule has 0 amide bonds. The van der Waals surface area contributed by atoms with Crippen molar-refractivity contribution >= 4 is 0 Å². The molecule has 3 nitrogen and oxygen atoms in total. The van der Waals surface area contributed by atoms with E-state index in [1.54, 1.807) is 0 Å². The first kappa shape index (κ1) is 12.9. The second kappa shape index (κ2) is 6.36. The molecule has 0 bridgehead atoms. The van der Waals surface area contributed by atoms with Gasteiger partial charge in [0.25, 0.3) is 0 Å². The lowest BCUT2D eigenvalue weighted by Crippen LogP contribution is -2.53. The molecule has 0 aromatic carbocycles. The smallest absolute Gasteiger partial charge is 0.0469 e. The lowest BCUT2D eigenvalue weighted by molar-refractivity contribution is 0.0390. The summed E-state index contributed by atoms with van der Waals surface area (Å²) in [6, 6.07) is 1.60. The van der Waals surface area contributed by atoms with Crippen molar-refractivity contribution < 1.29 is 4.74 Å². The lowest BCUT2D eigenvalue weighted by Gasteiger charge is -2.40. The van der Waals surface area contributed by atoms with Crippen molar-refractivity contribution in [3.8, 4) is 0 Å². The SMILES string of the molecule is C1CN[C@@H]2CCCCN(CC3CCOCC3)[C@@H]2C1. The number of nitrogens with one attached hydrogen (secondary N) is 1. The van der Waals surface area contributed by atoms with Gasteiger partial charge < -0.3 is 10.1 Å². The molecule has 18 heavy (non-hydrogen) atoms. The third-order valence-corrected chi connectivity index (χ3v) is 5.06. The van der Waals surface area contributed by atoms with Crippen LogP contribution in [0.4, 0.5) is 0 Å². The van der Waals surface area contributed by atoms with Gasteiger partial charge in [-0.05, 0) is 57.5 Å². The van der Waals surface area contributed by atoms with E-state index in [1.165, 1.54) is 64.6 Å². The number of nitrogens with zero attached hydrogens (tertiary/aromatic N) is 1. The molecular formula is C15H28N2O. The standard InChI is InChI=1S/C15H28N2O/c1-2-9-17(12-13-6-10-18-11-7-13)15-5-3-8-16-14(15)4-1/h13-16H,1-12H2/t14-,15-/m1/s1. The van der Waals surface area contributed by atoms with Gasteiger partial charge in [-0.2, -0.15) is 0 Å². The Hall–Kier alpha value is -0.120. The van der Waals surface area contributed by atoms with E-state index in [4.69, 9.17) is 4.74 Å². The van der Waals surface area contributed by atoms with E-state index < -0.39 is 0 Å². The van der Waals surface area contributed by atoms with E-state index in [1.807, 2.05) is 0 Å². The Morgan fingerprint density at radius 1 is 1.00 bits per heavy atom. The third kappa shape index (κ3) is 3.06. The highest BCUT2D eigenvalue weighted by Crippen LogP contribution is 2.26. The summed E-state index contributed by atoms with van der Waals surface area (Å²) in [5.41, 5.74) is 0. The van der Waals surface area contributed by atoms with Crippen LogP contribution in [-0.4, -0.2) is 49.8 Å². The van der Waals surface area contributed by atoms with E-state index in [-0.39, 0.29) is 0 Å². The van der Waals surface area contributed by atoms with Gasteiger partial charge in [0.1, 0.15) is 0 Å². The first-order chi connectivity index (χ1) is 8.93. The monoisotopic (exact) mass is 252 g/mol. The molecule has 0 aliphatic carbocycles. The molecule has 3 heteroatoms. The Labute approximate surface area is 111 Å². The Morgan fingerprint density at radius 2 is 1.89 bits per heavy atom. The molecule has 0 aromatic heterocycles. The van der Waals surface area contributed by atoms with E-state index in [2.05, 4.69) is 10.2 Å². The second-order valence-electron chi connectivity index (χ2n) is 6.32. The maximum absolute atomic E-state index is 5.49. The van der Waals surface area contributed by atoms with Crippen LogP contribution in [0.15, 0.2) is 0 Å². The van der Waals surface area contributed by atoms with Gasteiger partial charge in [-0.15, -0.1) is 0 Å². The number of hydrogen-bond acceptors (Lipinski definition) is 3. The first-order valence-electron chi connectivity index (χ1n) is 7.98. The summed E-state index contributed by atoms with van der Waals surface area (Å²) in [5.74, 6) is 0.888. The fraction of sp³-hybridized carbons (Fsp3) is 1.00. The minimum Gasteiger partial charge on any atom is -0.381 e. The number of ether oxygens (including phenoxy) is 1. The number of rotatable bonds is 2. The normalized spacial score (nSPS) is 36.0. The van der Waals surface area contributed by atoms with Crippen molar-refractivity contribution in [2.75, 3.05) is 32.8 Å². The second-order valence-corrected chi connectivity index (χ2v) is 6.32. The van der Waals surface area contributed by atoms with Gasteiger partial charge in [0.05, 0.1) is 0 Å². The maximum atomic E-state index is 5.49. The topological polar surface area (TPSA) is 24.5 Å². The summed E-state index contributed by atoms with van der Waals surface area (Å²) >= 11 is 0.